The molecule has 3 nitrogen and oxygen atoms in total. The van der Waals surface area contributed by atoms with Gasteiger partial charge in [-0.25, -0.2) is 4.79 Å². The summed E-state index contributed by atoms with van der Waals surface area (Å²) < 4.78 is 5.39. The first kappa shape index (κ1) is 15.3. The third-order valence-corrected chi connectivity index (χ3v) is 3.31. The van der Waals surface area contributed by atoms with Crippen LogP contribution in [0.25, 0.3) is 10.8 Å². The molecular weight excluding hydrogens is 264 g/mol. The molecule has 2 rings (SSSR count). The predicted octanol–water partition coefficient (Wildman–Crippen LogP) is 3.71. The Morgan fingerprint density at radius 3 is 2.57 bits per heavy atom. The molecule has 0 bridgehead atoms. The van der Waals surface area contributed by atoms with E-state index in [4.69, 9.17) is 4.74 Å². The van der Waals surface area contributed by atoms with Gasteiger partial charge in [0.2, 0.25) is 0 Å². The molecule has 2 aromatic rings. The predicted molar refractivity (Wildman–Crippen MR) is 84.2 cm³/mol. The minimum Gasteiger partial charge on any atom is -0.422 e. The minimum atomic E-state index is -0.868. The van der Waals surface area contributed by atoms with Crippen LogP contribution in [-0.2, 0) is 4.79 Å². The Bertz CT molecular complexity index is 653. The van der Waals surface area contributed by atoms with Crippen molar-refractivity contribution < 1.29 is 14.6 Å². The molecule has 1 N–H and O–H groups in total. The third kappa shape index (κ3) is 3.70. The number of aliphatic hydroxyl groups is 1. The van der Waals surface area contributed by atoms with Crippen molar-refractivity contribution in [3.63, 3.8) is 0 Å². The average Bonchev–Trinajstić information content (AvgIpc) is 2.46. The largest absolute Gasteiger partial charge is 0.422 e. The maximum atomic E-state index is 12.1. The second-order valence-electron chi connectivity index (χ2n) is 5.54. The van der Waals surface area contributed by atoms with Gasteiger partial charge >= 0.3 is 5.97 Å². The molecule has 21 heavy (non-hydrogen) atoms. The van der Waals surface area contributed by atoms with Crippen LogP contribution in [0.15, 0.2) is 54.6 Å². The Balaban J connectivity index is 2.16. The summed E-state index contributed by atoms with van der Waals surface area (Å²) in [5, 5.41) is 11.8. The summed E-state index contributed by atoms with van der Waals surface area (Å²) in [4.78, 5) is 12.1. The molecule has 3 heteroatoms. The molecule has 0 amide bonds. The van der Waals surface area contributed by atoms with Crippen molar-refractivity contribution >= 4 is 16.7 Å². The number of esters is 1. The second-order valence-corrected chi connectivity index (χ2v) is 5.54. The minimum absolute atomic E-state index is 0.0941. The van der Waals surface area contributed by atoms with Crippen molar-refractivity contribution in [3.8, 4) is 5.75 Å². The summed E-state index contributed by atoms with van der Waals surface area (Å²) in [6, 6.07) is 13.2. The lowest BCUT2D eigenvalue weighted by molar-refractivity contribution is -0.131. The number of aliphatic hydroxyl groups excluding tert-OH is 1. The van der Waals surface area contributed by atoms with E-state index in [0.717, 1.165) is 10.8 Å². The number of hydrogen-bond acceptors (Lipinski definition) is 3. The van der Waals surface area contributed by atoms with Crippen LogP contribution in [0.3, 0.4) is 0 Å². The molecular formula is C18H20O3. The fraction of sp³-hybridized carbons (Fsp3) is 0.278. The van der Waals surface area contributed by atoms with Crippen LogP contribution in [-0.4, -0.2) is 17.2 Å². The van der Waals surface area contributed by atoms with Crippen molar-refractivity contribution in [1.82, 2.24) is 0 Å². The Morgan fingerprint density at radius 2 is 1.86 bits per heavy atom. The number of carbonyl (C=O) groups excluding carboxylic acids is 1. The number of hydrogen-bond donors (Lipinski definition) is 1. The van der Waals surface area contributed by atoms with Gasteiger partial charge < -0.3 is 9.84 Å². The van der Waals surface area contributed by atoms with E-state index in [1.54, 1.807) is 6.07 Å². The van der Waals surface area contributed by atoms with Gasteiger partial charge in [-0.05, 0) is 23.8 Å². The van der Waals surface area contributed by atoms with Crippen LogP contribution in [0.2, 0.25) is 0 Å². The summed E-state index contributed by atoms with van der Waals surface area (Å²) in [6.07, 6.45) is -0.379. The van der Waals surface area contributed by atoms with Crippen molar-refractivity contribution in [2.24, 2.45) is 5.92 Å². The highest BCUT2D eigenvalue weighted by Gasteiger charge is 2.20. The van der Waals surface area contributed by atoms with Crippen molar-refractivity contribution in [2.45, 2.75) is 26.4 Å². The Kier molecular flexibility index (Phi) is 4.76. The molecule has 0 aromatic heterocycles. The normalized spacial score (nSPS) is 12.4. The van der Waals surface area contributed by atoms with Crippen LogP contribution in [0, 0.1) is 5.92 Å². The first-order chi connectivity index (χ1) is 9.99. The maximum Gasteiger partial charge on any atom is 0.341 e. The van der Waals surface area contributed by atoms with Crippen LogP contribution in [0.1, 0.15) is 20.3 Å². The Hall–Kier alpha value is -2.13. The van der Waals surface area contributed by atoms with Gasteiger partial charge in [-0.15, -0.1) is 0 Å². The first-order valence-electron chi connectivity index (χ1n) is 7.06. The van der Waals surface area contributed by atoms with Crippen LogP contribution < -0.4 is 4.74 Å². The zero-order chi connectivity index (χ0) is 15.4. The van der Waals surface area contributed by atoms with Crippen molar-refractivity contribution in [2.75, 3.05) is 0 Å². The first-order valence-corrected chi connectivity index (χ1v) is 7.06. The fourth-order valence-corrected chi connectivity index (χ4v) is 2.17. The van der Waals surface area contributed by atoms with E-state index in [1.807, 2.05) is 50.2 Å². The van der Waals surface area contributed by atoms with E-state index in [9.17, 15) is 9.90 Å². The summed E-state index contributed by atoms with van der Waals surface area (Å²) in [5.74, 6) is 0.178. The standard InChI is InChI=1S/C18H20O3/c1-12(2)11-16(19)13(3)18(20)21-17-10-6-8-14-7-4-5-9-15(14)17/h4-10,12,16,19H,3,11H2,1-2H3. The molecule has 0 heterocycles. The summed E-state index contributed by atoms with van der Waals surface area (Å²) in [6.45, 7) is 7.62. The van der Waals surface area contributed by atoms with E-state index in [1.165, 1.54) is 0 Å². The SMILES string of the molecule is C=C(C(=O)Oc1cccc2ccccc12)C(O)CC(C)C. The van der Waals surface area contributed by atoms with E-state index >= 15 is 0 Å². The van der Waals surface area contributed by atoms with Crippen LogP contribution >= 0.6 is 0 Å². The zero-order valence-corrected chi connectivity index (χ0v) is 12.4. The summed E-state index contributed by atoms with van der Waals surface area (Å²) in [5.41, 5.74) is 0.0941. The molecule has 0 aliphatic carbocycles. The molecule has 0 aliphatic heterocycles. The number of fused-ring (bicyclic) bond motifs is 1. The molecule has 2 aromatic carbocycles. The molecule has 0 aliphatic rings. The maximum absolute atomic E-state index is 12.1. The van der Waals surface area contributed by atoms with E-state index in [2.05, 4.69) is 6.58 Å². The number of ether oxygens (including phenoxy) is 1. The highest BCUT2D eigenvalue weighted by atomic mass is 16.5. The highest BCUT2D eigenvalue weighted by molar-refractivity contribution is 5.95. The molecule has 0 saturated heterocycles. The van der Waals surface area contributed by atoms with Crippen molar-refractivity contribution in [1.29, 1.82) is 0 Å². The van der Waals surface area contributed by atoms with E-state index in [0.29, 0.717) is 12.2 Å². The summed E-state index contributed by atoms with van der Waals surface area (Å²) in [7, 11) is 0. The lowest BCUT2D eigenvalue weighted by Crippen LogP contribution is -2.22. The van der Waals surface area contributed by atoms with E-state index in [-0.39, 0.29) is 11.5 Å². The van der Waals surface area contributed by atoms with Crippen molar-refractivity contribution in [3.05, 3.63) is 54.6 Å². The second kappa shape index (κ2) is 6.55. The monoisotopic (exact) mass is 284 g/mol. The van der Waals surface area contributed by atoms with Gasteiger partial charge in [0.15, 0.2) is 0 Å². The average molecular weight is 284 g/mol. The van der Waals surface area contributed by atoms with Crippen LogP contribution in [0.4, 0.5) is 0 Å². The fourth-order valence-electron chi connectivity index (χ4n) is 2.17. The van der Waals surface area contributed by atoms with Gasteiger partial charge in [0.1, 0.15) is 5.75 Å². The van der Waals surface area contributed by atoms with Gasteiger partial charge in [-0.3, -0.25) is 0 Å². The van der Waals surface area contributed by atoms with Gasteiger partial charge in [0, 0.05) is 5.39 Å². The van der Waals surface area contributed by atoms with Gasteiger partial charge in [0.25, 0.3) is 0 Å². The Labute approximate surface area is 124 Å². The topological polar surface area (TPSA) is 46.5 Å². The quantitative estimate of drug-likeness (QED) is 0.517. The number of benzene rings is 2. The van der Waals surface area contributed by atoms with Gasteiger partial charge in [-0.1, -0.05) is 56.8 Å². The van der Waals surface area contributed by atoms with E-state index < -0.39 is 12.1 Å². The lowest BCUT2D eigenvalue weighted by Gasteiger charge is -2.15. The molecule has 0 fully saturated rings. The zero-order valence-electron chi connectivity index (χ0n) is 12.4. The number of carbonyl (C=O) groups is 1. The number of rotatable bonds is 5. The third-order valence-electron chi connectivity index (χ3n) is 3.31. The molecule has 110 valence electrons. The lowest BCUT2D eigenvalue weighted by atomic mass is 10.0. The molecule has 1 unspecified atom stereocenters. The van der Waals surface area contributed by atoms with Crippen LogP contribution in [0.5, 0.6) is 5.75 Å². The molecule has 1 atom stereocenters. The smallest absolute Gasteiger partial charge is 0.341 e. The molecule has 0 spiro atoms. The molecule has 0 radical (unpaired) electrons. The Morgan fingerprint density at radius 1 is 1.19 bits per heavy atom. The molecule has 0 saturated carbocycles. The van der Waals surface area contributed by atoms with Gasteiger partial charge in [0.05, 0.1) is 11.7 Å². The van der Waals surface area contributed by atoms with Gasteiger partial charge in [-0.2, -0.15) is 0 Å². The highest BCUT2D eigenvalue weighted by Crippen LogP contribution is 2.26. The summed E-state index contributed by atoms with van der Waals surface area (Å²) >= 11 is 0.